The van der Waals surface area contributed by atoms with Gasteiger partial charge in [-0.15, -0.1) is 0 Å². The molecule has 0 heterocycles. The summed E-state index contributed by atoms with van der Waals surface area (Å²) in [7, 11) is -0.373. The number of nitrogens with one attached hydrogen (secondary N) is 1. The lowest BCUT2D eigenvalue weighted by atomic mass is 9.99. The van der Waals surface area contributed by atoms with Gasteiger partial charge in [-0.05, 0) is 12.3 Å². The van der Waals surface area contributed by atoms with Gasteiger partial charge >= 0.3 is 5.97 Å². The number of esters is 1. The van der Waals surface area contributed by atoms with Crippen molar-refractivity contribution in [2.75, 3.05) is 13.7 Å². The molecule has 0 bridgehead atoms. The van der Waals surface area contributed by atoms with Crippen LogP contribution >= 0.6 is 8.53 Å². The normalized spacial score (nSPS) is 15.9. The third-order valence-electron chi connectivity index (χ3n) is 1.48. The maximum absolute atomic E-state index is 11.4. The van der Waals surface area contributed by atoms with E-state index in [4.69, 9.17) is 9.63 Å². The second kappa shape index (κ2) is 6.38. The van der Waals surface area contributed by atoms with Gasteiger partial charge in [-0.3, -0.25) is 4.79 Å². The predicted molar refractivity (Wildman–Crippen MR) is 59.2 cm³/mol. The Morgan fingerprint density at radius 3 is 2.47 bits per heavy atom. The predicted octanol–water partition coefficient (Wildman–Crippen LogP) is 1.42. The minimum absolute atomic E-state index is 0.0550. The van der Waals surface area contributed by atoms with Gasteiger partial charge in [0, 0.05) is 7.11 Å². The molecule has 0 rings (SSSR count). The zero-order chi connectivity index (χ0) is 12.1. The quantitative estimate of drug-likeness (QED) is 0.559. The summed E-state index contributed by atoms with van der Waals surface area (Å²) >= 11 is 0. The maximum atomic E-state index is 11.4. The van der Waals surface area contributed by atoms with Crippen molar-refractivity contribution < 1.29 is 18.9 Å². The van der Waals surface area contributed by atoms with Crippen LogP contribution in [-0.4, -0.2) is 30.6 Å². The first kappa shape index (κ1) is 14.8. The SMILES string of the molecule is COP(O)NC(C)C(=O)OCC(C)(C)C. The first-order chi connectivity index (χ1) is 6.76. The Morgan fingerprint density at radius 1 is 1.53 bits per heavy atom. The van der Waals surface area contributed by atoms with E-state index in [9.17, 15) is 4.79 Å². The molecule has 0 aliphatic rings. The molecule has 2 unspecified atom stereocenters. The van der Waals surface area contributed by atoms with Crippen molar-refractivity contribution in [3.8, 4) is 0 Å². The highest BCUT2D eigenvalue weighted by molar-refractivity contribution is 7.43. The van der Waals surface area contributed by atoms with Crippen molar-refractivity contribution in [3.63, 3.8) is 0 Å². The van der Waals surface area contributed by atoms with Gasteiger partial charge in [-0.1, -0.05) is 20.8 Å². The highest BCUT2D eigenvalue weighted by Crippen LogP contribution is 2.24. The van der Waals surface area contributed by atoms with Gasteiger partial charge in [0.25, 0.3) is 8.53 Å². The molecule has 0 saturated carbocycles. The summed E-state index contributed by atoms with van der Waals surface area (Å²) in [6.07, 6.45) is 0. The van der Waals surface area contributed by atoms with Crippen LogP contribution in [0.25, 0.3) is 0 Å². The zero-order valence-electron chi connectivity index (χ0n) is 9.90. The van der Waals surface area contributed by atoms with E-state index in [2.05, 4.69) is 9.61 Å². The summed E-state index contributed by atoms with van der Waals surface area (Å²) in [5.74, 6) is -0.386. The summed E-state index contributed by atoms with van der Waals surface area (Å²) in [5.41, 5.74) is -0.0550. The Kier molecular flexibility index (Phi) is 6.29. The standard InChI is InChI=1S/C9H20NO4P/c1-7(10-15(12)13-5)8(11)14-6-9(2,3)4/h7,10,12H,6H2,1-5H3. The number of hydrogen-bond donors (Lipinski definition) is 2. The first-order valence-corrected chi connectivity index (χ1v) is 5.93. The molecule has 0 fully saturated rings. The number of carbonyl (C=O) groups is 1. The molecule has 0 aliphatic carbocycles. The van der Waals surface area contributed by atoms with Crippen molar-refractivity contribution in [2.45, 2.75) is 33.7 Å². The Labute approximate surface area is 92.1 Å². The zero-order valence-corrected chi connectivity index (χ0v) is 10.8. The highest BCUT2D eigenvalue weighted by atomic mass is 31.2. The lowest BCUT2D eigenvalue weighted by Crippen LogP contribution is -2.34. The molecule has 5 nitrogen and oxygen atoms in total. The molecule has 90 valence electrons. The second-order valence-corrected chi connectivity index (χ2v) is 5.64. The topological polar surface area (TPSA) is 67.8 Å². The summed E-state index contributed by atoms with van der Waals surface area (Å²) < 4.78 is 9.67. The van der Waals surface area contributed by atoms with E-state index < -0.39 is 14.6 Å². The molecule has 0 saturated heterocycles. The number of rotatable bonds is 5. The van der Waals surface area contributed by atoms with Crippen LogP contribution in [0.2, 0.25) is 0 Å². The number of carbonyl (C=O) groups excluding carboxylic acids is 1. The van der Waals surface area contributed by atoms with Crippen molar-refractivity contribution >= 4 is 14.5 Å². The fourth-order valence-electron chi connectivity index (χ4n) is 0.684. The van der Waals surface area contributed by atoms with Gasteiger partial charge in [0.05, 0.1) is 6.61 Å². The summed E-state index contributed by atoms with van der Waals surface area (Å²) in [5, 5.41) is 2.59. The molecule has 2 N–H and O–H groups in total. The van der Waals surface area contributed by atoms with Gasteiger partial charge in [0.15, 0.2) is 0 Å². The third-order valence-corrected chi connectivity index (χ3v) is 2.43. The molecule has 0 aromatic heterocycles. The molecule has 0 aliphatic heterocycles. The van der Waals surface area contributed by atoms with Crippen LogP contribution in [0.3, 0.4) is 0 Å². The number of ether oxygens (including phenoxy) is 1. The Balaban J connectivity index is 3.89. The fourth-order valence-corrected chi connectivity index (χ4v) is 1.23. The van der Waals surface area contributed by atoms with E-state index in [-0.39, 0.29) is 11.4 Å². The Bertz CT molecular complexity index is 205. The fraction of sp³-hybridized carbons (Fsp3) is 0.889. The molecule has 0 aromatic rings. The van der Waals surface area contributed by atoms with Crippen LogP contribution in [0.5, 0.6) is 0 Å². The van der Waals surface area contributed by atoms with Crippen LogP contribution in [0.4, 0.5) is 0 Å². The molecule has 15 heavy (non-hydrogen) atoms. The third kappa shape index (κ3) is 7.68. The van der Waals surface area contributed by atoms with Crippen molar-refractivity contribution in [1.29, 1.82) is 0 Å². The molecule has 0 amide bonds. The molecule has 2 atom stereocenters. The van der Waals surface area contributed by atoms with Crippen LogP contribution < -0.4 is 5.09 Å². The maximum Gasteiger partial charge on any atom is 0.323 e. The van der Waals surface area contributed by atoms with Crippen LogP contribution in [0.15, 0.2) is 0 Å². The van der Waals surface area contributed by atoms with E-state index in [1.807, 2.05) is 20.8 Å². The molecular formula is C9H20NO4P. The van der Waals surface area contributed by atoms with E-state index in [1.54, 1.807) is 6.92 Å². The molecular weight excluding hydrogens is 217 g/mol. The minimum Gasteiger partial charge on any atom is -0.464 e. The van der Waals surface area contributed by atoms with E-state index in [0.29, 0.717) is 6.61 Å². The first-order valence-electron chi connectivity index (χ1n) is 4.72. The summed E-state index contributed by atoms with van der Waals surface area (Å²) in [6, 6.07) is -0.566. The van der Waals surface area contributed by atoms with Crippen molar-refractivity contribution in [2.24, 2.45) is 5.41 Å². The average Bonchev–Trinajstić information content (AvgIpc) is 2.12. The van der Waals surface area contributed by atoms with Gasteiger partial charge in [0.2, 0.25) is 0 Å². The number of hydrogen-bond acceptors (Lipinski definition) is 5. The Hall–Kier alpha value is -0.220. The largest absolute Gasteiger partial charge is 0.464 e. The summed E-state index contributed by atoms with van der Waals surface area (Å²) in [4.78, 5) is 20.5. The lowest BCUT2D eigenvalue weighted by Gasteiger charge is -2.20. The Morgan fingerprint density at radius 2 is 2.07 bits per heavy atom. The highest BCUT2D eigenvalue weighted by Gasteiger charge is 2.20. The molecule has 0 spiro atoms. The molecule has 6 heteroatoms. The summed E-state index contributed by atoms with van der Waals surface area (Å²) in [6.45, 7) is 7.91. The van der Waals surface area contributed by atoms with Gasteiger partial charge < -0.3 is 14.2 Å². The average molecular weight is 237 g/mol. The monoisotopic (exact) mass is 237 g/mol. The van der Waals surface area contributed by atoms with E-state index >= 15 is 0 Å². The molecule has 0 aromatic carbocycles. The smallest absolute Gasteiger partial charge is 0.323 e. The van der Waals surface area contributed by atoms with E-state index in [1.165, 1.54) is 7.11 Å². The lowest BCUT2D eigenvalue weighted by molar-refractivity contribution is -0.148. The van der Waals surface area contributed by atoms with Crippen LogP contribution in [0, 0.1) is 5.41 Å². The van der Waals surface area contributed by atoms with Crippen LogP contribution in [-0.2, 0) is 14.1 Å². The molecule has 0 radical (unpaired) electrons. The second-order valence-electron chi connectivity index (χ2n) is 4.47. The van der Waals surface area contributed by atoms with Crippen molar-refractivity contribution in [1.82, 2.24) is 5.09 Å². The minimum atomic E-state index is -1.74. The van der Waals surface area contributed by atoms with Crippen LogP contribution in [0.1, 0.15) is 27.7 Å². The van der Waals surface area contributed by atoms with Crippen molar-refractivity contribution in [3.05, 3.63) is 0 Å². The van der Waals surface area contributed by atoms with E-state index in [0.717, 1.165) is 0 Å². The van der Waals surface area contributed by atoms with Gasteiger partial charge in [-0.2, -0.15) is 0 Å². The van der Waals surface area contributed by atoms with Gasteiger partial charge in [-0.25, -0.2) is 5.09 Å². The van der Waals surface area contributed by atoms with Gasteiger partial charge in [0.1, 0.15) is 6.04 Å².